The first-order valence-corrected chi connectivity index (χ1v) is 8.12. The lowest BCUT2D eigenvalue weighted by atomic mass is 10.2. The van der Waals surface area contributed by atoms with Crippen LogP contribution < -0.4 is 10.6 Å². The number of aryl methyl sites for hydroxylation is 1. The summed E-state index contributed by atoms with van der Waals surface area (Å²) < 4.78 is 22.6. The molecule has 2 N–H and O–H groups in total. The highest BCUT2D eigenvalue weighted by atomic mass is 32.2. The first-order valence-electron chi connectivity index (χ1n) is 6.30. The van der Waals surface area contributed by atoms with E-state index in [4.69, 9.17) is 0 Å². The fraction of sp³-hybridized carbons (Fsp3) is 0.417. The topological polar surface area (TPSA) is 118 Å². The number of anilines is 1. The van der Waals surface area contributed by atoms with E-state index in [-0.39, 0.29) is 22.9 Å². The van der Waals surface area contributed by atoms with Crippen LogP contribution in [0.5, 0.6) is 0 Å². The Kier molecular flexibility index (Phi) is 4.12. The van der Waals surface area contributed by atoms with Crippen molar-refractivity contribution in [3.05, 3.63) is 33.9 Å². The largest absolute Gasteiger partial charge is 0.334 e. The van der Waals surface area contributed by atoms with Crippen molar-refractivity contribution in [2.45, 2.75) is 19.4 Å². The summed E-state index contributed by atoms with van der Waals surface area (Å²) in [5, 5.41) is 15.8. The Bertz CT molecular complexity index is 686. The lowest BCUT2D eigenvalue weighted by molar-refractivity contribution is -0.385. The fourth-order valence-corrected chi connectivity index (χ4v) is 3.82. The summed E-state index contributed by atoms with van der Waals surface area (Å²) in [5.41, 5.74) is 0.690. The Morgan fingerprint density at radius 1 is 1.43 bits per heavy atom. The summed E-state index contributed by atoms with van der Waals surface area (Å²) in [6.07, 6.45) is 0.379. The first-order chi connectivity index (χ1) is 9.77. The molecule has 114 valence electrons. The Hall–Kier alpha value is -2.16. The van der Waals surface area contributed by atoms with E-state index in [1.54, 1.807) is 13.0 Å². The number of carbonyl (C=O) groups excluding carboxylic acids is 1. The van der Waals surface area contributed by atoms with Crippen LogP contribution in [0.25, 0.3) is 0 Å². The molecule has 1 heterocycles. The first kappa shape index (κ1) is 15.2. The molecule has 1 aromatic rings. The van der Waals surface area contributed by atoms with Gasteiger partial charge in [0.25, 0.3) is 5.69 Å². The summed E-state index contributed by atoms with van der Waals surface area (Å²) in [4.78, 5) is 22.1. The fourth-order valence-electron chi connectivity index (χ4n) is 2.15. The second kappa shape index (κ2) is 5.68. The molecule has 1 aliphatic rings. The minimum atomic E-state index is -3.07. The van der Waals surface area contributed by atoms with Gasteiger partial charge in [0.05, 0.1) is 16.4 Å². The average molecular weight is 313 g/mol. The number of hydrogen-bond donors (Lipinski definition) is 2. The second-order valence-electron chi connectivity index (χ2n) is 4.96. The zero-order valence-corrected chi connectivity index (χ0v) is 12.1. The molecule has 1 fully saturated rings. The monoisotopic (exact) mass is 313 g/mol. The normalized spacial score (nSPS) is 20.0. The summed E-state index contributed by atoms with van der Waals surface area (Å²) in [6.45, 7) is 1.60. The number of nitrogens with zero attached hydrogens (tertiary/aromatic N) is 1. The third-order valence-electron chi connectivity index (χ3n) is 3.23. The smallest absolute Gasteiger partial charge is 0.319 e. The zero-order chi connectivity index (χ0) is 15.6. The maximum absolute atomic E-state index is 11.8. The number of carbonyl (C=O) groups is 1. The quantitative estimate of drug-likeness (QED) is 0.642. The summed E-state index contributed by atoms with van der Waals surface area (Å²) in [7, 11) is -3.07. The van der Waals surface area contributed by atoms with Crippen LogP contribution in [-0.2, 0) is 9.84 Å². The van der Waals surface area contributed by atoms with Crippen molar-refractivity contribution < 1.29 is 18.1 Å². The van der Waals surface area contributed by atoms with E-state index < -0.39 is 26.8 Å². The SMILES string of the molecule is Cc1ccc(NC(=O)N[C@@H]2CCS(=O)(=O)C2)cc1[N+](=O)[O-]. The molecule has 21 heavy (non-hydrogen) atoms. The number of benzene rings is 1. The Balaban J connectivity index is 2.00. The predicted octanol–water partition coefficient (Wildman–Crippen LogP) is 1.21. The molecule has 8 nitrogen and oxygen atoms in total. The molecule has 1 aromatic carbocycles. The molecule has 0 spiro atoms. The number of nitrogens with one attached hydrogen (secondary N) is 2. The van der Waals surface area contributed by atoms with Gasteiger partial charge in [-0.3, -0.25) is 10.1 Å². The molecule has 1 aliphatic heterocycles. The minimum Gasteiger partial charge on any atom is -0.334 e. The van der Waals surface area contributed by atoms with E-state index >= 15 is 0 Å². The second-order valence-corrected chi connectivity index (χ2v) is 7.19. The van der Waals surface area contributed by atoms with E-state index in [1.807, 2.05) is 0 Å². The molecular weight excluding hydrogens is 298 g/mol. The third-order valence-corrected chi connectivity index (χ3v) is 5.00. The van der Waals surface area contributed by atoms with Crippen molar-refractivity contribution in [3.8, 4) is 0 Å². The maximum Gasteiger partial charge on any atom is 0.319 e. The molecule has 2 amide bonds. The molecular formula is C12H15N3O5S. The van der Waals surface area contributed by atoms with E-state index in [0.29, 0.717) is 12.0 Å². The van der Waals surface area contributed by atoms with Gasteiger partial charge in [-0.05, 0) is 19.4 Å². The van der Waals surface area contributed by atoms with Gasteiger partial charge >= 0.3 is 6.03 Å². The number of rotatable bonds is 3. The number of nitro benzene ring substituents is 1. The van der Waals surface area contributed by atoms with Gasteiger partial charge < -0.3 is 10.6 Å². The van der Waals surface area contributed by atoms with E-state index in [9.17, 15) is 23.3 Å². The van der Waals surface area contributed by atoms with Gasteiger partial charge in [0.2, 0.25) is 0 Å². The van der Waals surface area contributed by atoms with Crippen LogP contribution in [0.15, 0.2) is 18.2 Å². The third kappa shape index (κ3) is 3.91. The minimum absolute atomic E-state index is 0.0634. The van der Waals surface area contributed by atoms with E-state index in [0.717, 1.165) is 0 Å². The van der Waals surface area contributed by atoms with Gasteiger partial charge in [0, 0.05) is 23.4 Å². The van der Waals surface area contributed by atoms with Crippen molar-refractivity contribution >= 4 is 27.2 Å². The summed E-state index contributed by atoms with van der Waals surface area (Å²) in [6, 6.07) is 3.35. The molecule has 1 saturated heterocycles. The van der Waals surface area contributed by atoms with Crippen molar-refractivity contribution in [2.24, 2.45) is 0 Å². The highest BCUT2D eigenvalue weighted by molar-refractivity contribution is 7.91. The molecule has 2 rings (SSSR count). The highest BCUT2D eigenvalue weighted by Crippen LogP contribution is 2.22. The van der Waals surface area contributed by atoms with Gasteiger partial charge in [0.1, 0.15) is 0 Å². The van der Waals surface area contributed by atoms with Crippen LogP contribution in [0.4, 0.5) is 16.2 Å². The standard InChI is InChI=1S/C12H15N3O5S/c1-8-2-3-9(6-11(8)15(17)18)13-12(16)14-10-4-5-21(19,20)7-10/h2-3,6,10H,4-5,7H2,1H3,(H2,13,14,16)/t10-/m1/s1. The molecule has 9 heteroatoms. The van der Waals surface area contributed by atoms with Crippen molar-refractivity contribution in [2.75, 3.05) is 16.8 Å². The van der Waals surface area contributed by atoms with Gasteiger partial charge in [-0.1, -0.05) is 6.07 Å². The number of urea groups is 1. The van der Waals surface area contributed by atoms with E-state index in [1.165, 1.54) is 12.1 Å². The molecule has 0 aromatic heterocycles. The van der Waals surface area contributed by atoms with Crippen molar-refractivity contribution in [1.82, 2.24) is 5.32 Å². The zero-order valence-electron chi connectivity index (χ0n) is 11.3. The van der Waals surface area contributed by atoms with Crippen LogP contribution in [0.3, 0.4) is 0 Å². The number of sulfone groups is 1. The summed E-state index contributed by atoms with van der Waals surface area (Å²) >= 11 is 0. The lowest BCUT2D eigenvalue weighted by Crippen LogP contribution is -2.38. The molecule has 1 atom stereocenters. The van der Waals surface area contributed by atoms with Crippen LogP contribution in [0.1, 0.15) is 12.0 Å². The highest BCUT2D eigenvalue weighted by Gasteiger charge is 2.28. The Morgan fingerprint density at radius 2 is 2.14 bits per heavy atom. The van der Waals surface area contributed by atoms with Crippen molar-refractivity contribution in [1.29, 1.82) is 0 Å². The van der Waals surface area contributed by atoms with E-state index in [2.05, 4.69) is 10.6 Å². The van der Waals surface area contributed by atoms with Crippen molar-refractivity contribution in [3.63, 3.8) is 0 Å². The average Bonchev–Trinajstić information content (AvgIpc) is 2.70. The number of nitro groups is 1. The van der Waals surface area contributed by atoms with Gasteiger partial charge in [-0.15, -0.1) is 0 Å². The molecule has 0 unspecified atom stereocenters. The Labute approximate surface area is 121 Å². The Morgan fingerprint density at radius 3 is 2.71 bits per heavy atom. The molecule has 0 saturated carbocycles. The maximum atomic E-state index is 11.8. The lowest BCUT2D eigenvalue weighted by Gasteiger charge is -2.12. The van der Waals surface area contributed by atoms with Crippen LogP contribution in [0, 0.1) is 17.0 Å². The van der Waals surface area contributed by atoms with Gasteiger partial charge in [-0.25, -0.2) is 13.2 Å². The number of amides is 2. The van der Waals surface area contributed by atoms with Crippen LogP contribution in [0.2, 0.25) is 0 Å². The molecule has 0 bridgehead atoms. The predicted molar refractivity (Wildman–Crippen MR) is 77.0 cm³/mol. The van der Waals surface area contributed by atoms with Crippen LogP contribution in [-0.4, -0.2) is 36.9 Å². The summed E-state index contributed by atoms with van der Waals surface area (Å²) in [5.74, 6) is -0.0115. The molecule has 0 radical (unpaired) electrons. The van der Waals surface area contributed by atoms with Crippen LogP contribution >= 0.6 is 0 Å². The van der Waals surface area contributed by atoms with Gasteiger partial charge in [-0.2, -0.15) is 0 Å². The van der Waals surface area contributed by atoms with Gasteiger partial charge in [0.15, 0.2) is 9.84 Å². The number of hydrogen-bond acceptors (Lipinski definition) is 5. The molecule has 0 aliphatic carbocycles.